The lowest BCUT2D eigenvalue weighted by Gasteiger charge is -2.27. The molecule has 1 saturated heterocycles. The molecule has 3 aromatic rings. The molecule has 2 aromatic carbocycles. The van der Waals surface area contributed by atoms with E-state index in [4.69, 9.17) is 16.3 Å². The Balaban J connectivity index is 1.48. The molecule has 1 N–H and O–H groups in total. The number of aromatic nitrogens is 1. The van der Waals surface area contributed by atoms with E-state index in [1.54, 1.807) is 30.3 Å². The molecule has 7 nitrogen and oxygen atoms in total. The van der Waals surface area contributed by atoms with Gasteiger partial charge in [-0.15, -0.1) is 11.3 Å². The highest BCUT2D eigenvalue weighted by atomic mass is 35.5. The van der Waals surface area contributed by atoms with Crippen LogP contribution in [0.2, 0.25) is 5.02 Å². The van der Waals surface area contributed by atoms with Crippen molar-refractivity contribution in [3.05, 3.63) is 47.0 Å². The lowest BCUT2D eigenvalue weighted by Crippen LogP contribution is -2.41. The number of nitrogens with zero attached hydrogens (tertiary/aromatic N) is 2. The maximum Gasteiger partial charge on any atom is 0.245 e. The number of hydrogen-bond donors (Lipinski definition) is 1. The first-order chi connectivity index (χ1) is 14.8. The second kappa shape index (κ2) is 9.43. The monoisotopic (exact) mass is 497 g/mol. The SMILES string of the molecule is Cc1ccc(NC(=O)CSc2nc3cc(Cl)ccc3s2)c(S(=O)(=O)N2CCOCC2)c1. The van der Waals surface area contributed by atoms with Crippen LogP contribution in [0.15, 0.2) is 45.6 Å². The molecule has 0 atom stereocenters. The lowest BCUT2D eigenvalue weighted by molar-refractivity contribution is -0.113. The van der Waals surface area contributed by atoms with Crippen molar-refractivity contribution in [1.29, 1.82) is 0 Å². The van der Waals surface area contributed by atoms with E-state index >= 15 is 0 Å². The Morgan fingerprint density at radius 2 is 2.03 bits per heavy atom. The van der Waals surface area contributed by atoms with Gasteiger partial charge in [-0.3, -0.25) is 4.79 Å². The minimum Gasteiger partial charge on any atom is -0.379 e. The molecule has 2 heterocycles. The molecule has 31 heavy (non-hydrogen) atoms. The van der Waals surface area contributed by atoms with Gasteiger partial charge >= 0.3 is 0 Å². The molecule has 1 aliphatic heterocycles. The Morgan fingerprint density at radius 1 is 1.26 bits per heavy atom. The highest BCUT2D eigenvalue weighted by Gasteiger charge is 2.29. The number of morpholine rings is 1. The van der Waals surface area contributed by atoms with Gasteiger partial charge in [0.15, 0.2) is 4.34 Å². The van der Waals surface area contributed by atoms with E-state index in [1.807, 2.05) is 13.0 Å². The van der Waals surface area contributed by atoms with Crippen LogP contribution in [0.5, 0.6) is 0 Å². The Kier molecular flexibility index (Phi) is 6.85. The van der Waals surface area contributed by atoms with Crippen LogP contribution < -0.4 is 5.32 Å². The molecule has 11 heteroatoms. The minimum atomic E-state index is -3.74. The molecule has 0 aliphatic carbocycles. The van der Waals surface area contributed by atoms with Crippen LogP contribution in [0.25, 0.3) is 10.2 Å². The van der Waals surface area contributed by atoms with Crippen molar-refractivity contribution in [3.8, 4) is 0 Å². The van der Waals surface area contributed by atoms with E-state index in [0.717, 1.165) is 20.1 Å². The molecule has 0 unspecified atom stereocenters. The zero-order valence-electron chi connectivity index (χ0n) is 16.6. The highest BCUT2D eigenvalue weighted by Crippen LogP contribution is 2.31. The number of nitrogens with one attached hydrogen (secondary N) is 1. The normalized spacial score (nSPS) is 15.3. The number of anilines is 1. The van der Waals surface area contributed by atoms with E-state index in [0.29, 0.717) is 31.3 Å². The number of carbonyl (C=O) groups excluding carboxylic acids is 1. The molecule has 1 fully saturated rings. The first-order valence-corrected chi connectivity index (χ1v) is 13.1. The number of rotatable bonds is 6. The summed E-state index contributed by atoms with van der Waals surface area (Å²) in [5, 5.41) is 3.37. The third-order valence-corrected chi connectivity index (χ3v) is 9.01. The minimum absolute atomic E-state index is 0.0994. The molecule has 4 rings (SSSR count). The van der Waals surface area contributed by atoms with Crippen molar-refractivity contribution in [2.75, 3.05) is 37.4 Å². The number of thiazole rings is 1. The average molecular weight is 498 g/mol. The number of amides is 1. The number of benzene rings is 2. The second-order valence-electron chi connectivity index (χ2n) is 6.94. The Bertz CT molecular complexity index is 1220. The summed E-state index contributed by atoms with van der Waals surface area (Å²) < 4.78 is 34.7. The summed E-state index contributed by atoms with van der Waals surface area (Å²) in [5.74, 6) is -0.192. The van der Waals surface area contributed by atoms with Gasteiger partial charge < -0.3 is 10.1 Å². The van der Waals surface area contributed by atoms with Gasteiger partial charge in [0, 0.05) is 18.1 Å². The van der Waals surface area contributed by atoms with Crippen LogP contribution in [0.1, 0.15) is 5.56 Å². The molecule has 1 aromatic heterocycles. The summed E-state index contributed by atoms with van der Waals surface area (Å²) in [5.41, 5.74) is 1.86. The molecule has 0 saturated carbocycles. The average Bonchev–Trinajstić information content (AvgIpc) is 3.16. The first kappa shape index (κ1) is 22.5. The summed E-state index contributed by atoms with van der Waals surface area (Å²) in [6, 6.07) is 10.5. The van der Waals surface area contributed by atoms with Gasteiger partial charge in [-0.05, 0) is 42.8 Å². The topological polar surface area (TPSA) is 88.6 Å². The van der Waals surface area contributed by atoms with E-state index in [2.05, 4.69) is 10.3 Å². The van der Waals surface area contributed by atoms with Crippen LogP contribution in [0, 0.1) is 6.92 Å². The van der Waals surface area contributed by atoms with Gasteiger partial charge in [-0.25, -0.2) is 13.4 Å². The van der Waals surface area contributed by atoms with Gasteiger partial charge in [0.2, 0.25) is 15.9 Å². The predicted octanol–water partition coefficient (Wildman–Crippen LogP) is 4.01. The van der Waals surface area contributed by atoms with Gasteiger partial charge in [-0.2, -0.15) is 4.31 Å². The molecule has 1 amide bonds. The van der Waals surface area contributed by atoms with E-state index in [1.165, 1.54) is 27.4 Å². The Labute approximate surface area is 193 Å². The van der Waals surface area contributed by atoms with Crippen LogP contribution in [0.4, 0.5) is 5.69 Å². The van der Waals surface area contributed by atoms with Crippen LogP contribution in [-0.4, -0.2) is 55.7 Å². The third kappa shape index (κ3) is 5.21. The van der Waals surface area contributed by atoms with Gasteiger partial charge in [-0.1, -0.05) is 29.4 Å². The quantitative estimate of drug-likeness (QED) is 0.518. The van der Waals surface area contributed by atoms with Crippen LogP contribution >= 0.6 is 34.7 Å². The Hall–Kier alpha value is -1.69. The second-order valence-corrected chi connectivity index (χ2v) is 11.5. The summed E-state index contributed by atoms with van der Waals surface area (Å²) in [4.78, 5) is 17.2. The number of carbonyl (C=O) groups is 1. The van der Waals surface area contributed by atoms with Crippen molar-refractivity contribution in [3.63, 3.8) is 0 Å². The maximum absolute atomic E-state index is 13.1. The largest absolute Gasteiger partial charge is 0.379 e. The van der Waals surface area contributed by atoms with E-state index in [-0.39, 0.29) is 22.2 Å². The van der Waals surface area contributed by atoms with E-state index in [9.17, 15) is 13.2 Å². The van der Waals surface area contributed by atoms with Crippen LogP contribution in [0.3, 0.4) is 0 Å². The number of fused-ring (bicyclic) bond motifs is 1. The highest BCUT2D eigenvalue weighted by molar-refractivity contribution is 8.01. The summed E-state index contributed by atoms with van der Waals surface area (Å²) in [6.45, 7) is 3.12. The van der Waals surface area contributed by atoms with Crippen molar-refractivity contribution >= 4 is 66.5 Å². The van der Waals surface area contributed by atoms with E-state index < -0.39 is 10.0 Å². The van der Waals surface area contributed by atoms with Crippen LogP contribution in [-0.2, 0) is 19.6 Å². The van der Waals surface area contributed by atoms with Gasteiger partial charge in [0.1, 0.15) is 4.90 Å². The standard InChI is InChI=1S/C20H20ClN3O4S3/c1-13-2-4-15(18(10-13)31(26,27)24-6-8-28-9-7-24)22-19(25)12-29-20-23-16-11-14(21)3-5-17(16)30-20/h2-5,10-11H,6-9,12H2,1H3,(H,22,25). The first-order valence-electron chi connectivity index (χ1n) is 9.50. The summed E-state index contributed by atoms with van der Waals surface area (Å²) in [6.07, 6.45) is 0. The predicted molar refractivity (Wildman–Crippen MR) is 125 cm³/mol. The fraction of sp³-hybridized carbons (Fsp3) is 0.300. The number of halogens is 1. The fourth-order valence-corrected chi connectivity index (χ4v) is 6.78. The number of thioether (sulfide) groups is 1. The molecular formula is C20H20ClN3O4S3. The lowest BCUT2D eigenvalue weighted by atomic mass is 10.2. The van der Waals surface area contributed by atoms with Gasteiger partial charge in [0.25, 0.3) is 0 Å². The third-order valence-electron chi connectivity index (χ3n) is 4.66. The zero-order valence-corrected chi connectivity index (χ0v) is 19.8. The van der Waals surface area contributed by atoms with Crippen molar-refractivity contribution in [2.45, 2.75) is 16.2 Å². The molecule has 0 spiro atoms. The van der Waals surface area contributed by atoms with Crippen molar-refractivity contribution in [2.24, 2.45) is 0 Å². The number of aryl methyl sites for hydroxylation is 1. The number of hydrogen-bond acceptors (Lipinski definition) is 7. The zero-order chi connectivity index (χ0) is 22.0. The van der Waals surface area contributed by atoms with Gasteiger partial charge in [0.05, 0.1) is 34.9 Å². The molecule has 1 aliphatic rings. The van der Waals surface area contributed by atoms with Crippen molar-refractivity contribution in [1.82, 2.24) is 9.29 Å². The Morgan fingerprint density at radius 3 is 2.81 bits per heavy atom. The molecular weight excluding hydrogens is 478 g/mol. The number of sulfonamides is 1. The molecule has 164 valence electrons. The number of ether oxygens (including phenoxy) is 1. The molecule has 0 radical (unpaired) electrons. The fourth-order valence-electron chi connectivity index (χ4n) is 3.13. The maximum atomic E-state index is 13.1. The smallest absolute Gasteiger partial charge is 0.245 e. The van der Waals surface area contributed by atoms with Crippen molar-refractivity contribution < 1.29 is 17.9 Å². The summed E-state index contributed by atoms with van der Waals surface area (Å²) in [7, 11) is -3.74. The molecule has 0 bridgehead atoms. The summed E-state index contributed by atoms with van der Waals surface area (Å²) >= 11 is 8.78.